The van der Waals surface area contributed by atoms with Crippen LogP contribution < -0.4 is 0 Å². The molecule has 0 spiro atoms. The number of rotatable bonds is 2. The monoisotopic (exact) mass is 322 g/mol. The molecular weight excluding hydrogens is 306 g/mol. The Balaban J connectivity index is 0.000000231. The van der Waals surface area contributed by atoms with Crippen LogP contribution in [-0.2, 0) is 4.74 Å². The number of carbonyl (C=O) groups is 2. The molecule has 0 radical (unpaired) electrons. The molecule has 0 unspecified atom stereocenters. The van der Waals surface area contributed by atoms with Gasteiger partial charge in [-0.25, -0.2) is 18.4 Å². The highest BCUT2D eigenvalue weighted by molar-refractivity contribution is 5.89. The predicted octanol–water partition coefficient (Wildman–Crippen LogP) is 3.75. The van der Waals surface area contributed by atoms with Crippen LogP contribution in [0.1, 0.15) is 31.8 Å². The van der Waals surface area contributed by atoms with Crippen molar-refractivity contribution in [2.24, 2.45) is 0 Å². The van der Waals surface area contributed by atoms with Gasteiger partial charge in [0, 0.05) is 0 Å². The highest BCUT2D eigenvalue weighted by Crippen LogP contribution is 2.10. The summed E-state index contributed by atoms with van der Waals surface area (Å²) in [5, 5.41) is 8.42. The summed E-state index contributed by atoms with van der Waals surface area (Å²) in [6.45, 7) is 3.46. The van der Waals surface area contributed by atoms with Gasteiger partial charge in [-0.1, -0.05) is 12.1 Å². The summed E-state index contributed by atoms with van der Waals surface area (Å²) in [6.07, 6.45) is 0. The van der Waals surface area contributed by atoms with E-state index in [-0.39, 0.29) is 11.1 Å². The SMILES string of the molecule is COC(=O)c1ccc(C)cc1F.Cc1ccc(C(=O)O)c(F)c1. The van der Waals surface area contributed by atoms with Gasteiger partial charge in [0.2, 0.25) is 0 Å². The lowest BCUT2D eigenvalue weighted by molar-refractivity contribution is 0.0594. The third-order valence-electron chi connectivity index (χ3n) is 2.88. The Kier molecular flexibility index (Phi) is 6.38. The van der Waals surface area contributed by atoms with Crippen LogP contribution in [0, 0.1) is 25.5 Å². The standard InChI is InChI=1S/C9H9FO2.C8H7FO2/c1-6-3-4-7(8(10)5-6)9(11)12-2;1-5-2-3-6(8(10)11)7(9)4-5/h3-5H,1-2H3;2-4H,1H3,(H,10,11). The van der Waals surface area contributed by atoms with Crippen molar-refractivity contribution >= 4 is 11.9 Å². The molecule has 23 heavy (non-hydrogen) atoms. The van der Waals surface area contributed by atoms with Crippen molar-refractivity contribution in [3.8, 4) is 0 Å². The molecule has 0 aromatic heterocycles. The van der Waals surface area contributed by atoms with Gasteiger partial charge in [-0.3, -0.25) is 0 Å². The van der Waals surface area contributed by atoms with Crippen molar-refractivity contribution in [1.82, 2.24) is 0 Å². The van der Waals surface area contributed by atoms with Gasteiger partial charge in [-0.15, -0.1) is 0 Å². The Labute approximate surface area is 132 Å². The highest BCUT2D eigenvalue weighted by Gasteiger charge is 2.10. The van der Waals surface area contributed by atoms with Crippen LogP contribution in [0.3, 0.4) is 0 Å². The molecule has 0 bridgehead atoms. The minimum atomic E-state index is -1.23. The van der Waals surface area contributed by atoms with Gasteiger partial charge in [0.25, 0.3) is 0 Å². The number of carboxylic acid groups (broad SMARTS) is 1. The van der Waals surface area contributed by atoms with E-state index in [1.165, 1.54) is 31.4 Å². The minimum Gasteiger partial charge on any atom is -0.478 e. The number of esters is 1. The second-order valence-electron chi connectivity index (χ2n) is 4.76. The van der Waals surface area contributed by atoms with Crippen LogP contribution in [0.2, 0.25) is 0 Å². The van der Waals surface area contributed by atoms with Gasteiger partial charge >= 0.3 is 11.9 Å². The number of carbonyl (C=O) groups excluding carboxylic acids is 1. The third kappa shape index (κ3) is 5.18. The molecular formula is C17H16F2O4. The molecule has 2 rings (SSSR count). The van der Waals surface area contributed by atoms with Crippen LogP contribution in [0.15, 0.2) is 36.4 Å². The molecule has 1 N–H and O–H groups in total. The third-order valence-corrected chi connectivity index (χ3v) is 2.88. The van der Waals surface area contributed by atoms with E-state index in [1.54, 1.807) is 26.0 Å². The van der Waals surface area contributed by atoms with Crippen LogP contribution >= 0.6 is 0 Å². The summed E-state index contributed by atoms with van der Waals surface area (Å²) in [7, 11) is 1.22. The van der Waals surface area contributed by atoms with Crippen molar-refractivity contribution in [3.63, 3.8) is 0 Å². The number of halogens is 2. The van der Waals surface area contributed by atoms with E-state index in [2.05, 4.69) is 4.74 Å². The number of hydrogen-bond acceptors (Lipinski definition) is 3. The van der Waals surface area contributed by atoms with E-state index in [1.807, 2.05) is 0 Å². The lowest BCUT2D eigenvalue weighted by atomic mass is 10.1. The fraction of sp³-hybridized carbons (Fsp3) is 0.176. The van der Waals surface area contributed by atoms with Crippen molar-refractivity contribution in [2.45, 2.75) is 13.8 Å². The topological polar surface area (TPSA) is 63.6 Å². The number of ether oxygens (including phenoxy) is 1. The van der Waals surface area contributed by atoms with Gasteiger partial charge in [0.15, 0.2) is 0 Å². The predicted molar refractivity (Wildman–Crippen MR) is 80.6 cm³/mol. The van der Waals surface area contributed by atoms with Crippen molar-refractivity contribution in [2.75, 3.05) is 7.11 Å². The number of hydrogen-bond donors (Lipinski definition) is 1. The molecule has 2 aromatic rings. The number of carboxylic acids is 1. The average Bonchev–Trinajstić information content (AvgIpc) is 2.46. The molecule has 122 valence electrons. The molecule has 4 nitrogen and oxygen atoms in total. The molecule has 0 saturated heterocycles. The zero-order valence-electron chi connectivity index (χ0n) is 12.9. The molecule has 0 atom stereocenters. The normalized spacial score (nSPS) is 9.61. The maximum absolute atomic E-state index is 13.0. The summed E-state index contributed by atoms with van der Waals surface area (Å²) < 4.78 is 30.1. The minimum absolute atomic E-state index is 0.0249. The Morgan fingerprint density at radius 3 is 1.70 bits per heavy atom. The van der Waals surface area contributed by atoms with Crippen molar-refractivity contribution in [1.29, 1.82) is 0 Å². The Hall–Kier alpha value is -2.76. The van der Waals surface area contributed by atoms with E-state index in [0.29, 0.717) is 5.56 Å². The molecule has 0 amide bonds. The van der Waals surface area contributed by atoms with E-state index in [4.69, 9.17) is 5.11 Å². The van der Waals surface area contributed by atoms with Gasteiger partial charge in [0.1, 0.15) is 11.6 Å². The molecule has 0 aliphatic rings. The summed E-state index contributed by atoms with van der Waals surface area (Å²) in [4.78, 5) is 21.2. The molecule has 0 fully saturated rings. The van der Waals surface area contributed by atoms with Crippen molar-refractivity contribution < 1.29 is 28.2 Å². The molecule has 0 saturated carbocycles. The first-order valence-corrected chi connectivity index (χ1v) is 6.60. The number of aryl methyl sites for hydroxylation is 2. The largest absolute Gasteiger partial charge is 0.478 e. The zero-order valence-corrected chi connectivity index (χ0v) is 12.9. The van der Waals surface area contributed by atoms with Gasteiger partial charge in [-0.05, 0) is 49.2 Å². The smallest absolute Gasteiger partial charge is 0.340 e. The van der Waals surface area contributed by atoms with Gasteiger partial charge < -0.3 is 9.84 Å². The lowest BCUT2D eigenvalue weighted by Crippen LogP contribution is -2.04. The summed E-state index contributed by atoms with van der Waals surface area (Å²) in [5.41, 5.74) is 1.19. The average molecular weight is 322 g/mol. The maximum atomic E-state index is 13.0. The Morgan fingerprint density at radius 2 is 1.35 bits per heavy atom. The summed E-state index contributed by atoms with van der Waals surface area (Å²) in [5.74, 6) is -3.10. The first kappa shape index (κ1) is 18.3. The molecule has 0 aliphatic heterocycles. The van der Waals surface area contributed by atoms with Gasteiger partial charge in [-0.2, -0.15) is 0 Å². The van der Waals surface area contributed by atoms with Gasteiger partial charge in [0.05, 0.1) is 18.2 Å². The molecule has 2 aromatic carbocycles. The van der Waals surface area contributed by atoms with Crippen molar-refractivity contribution in [3.05, 3.63) is 70.3 Å². The number of methoxy groups -OCH3 is 1. The number of aromatic carboxylic acids is 1. The quantitative estimate of drug-likeness (QED) is 0.855. The van der Waals surface area contributed by atoms with Crippen LogP contribution in [0.4, 0.5) is 8.78 Å². The summed E-state index contributed by atoms with van der Waals surface area (Å²) >= 11 is 0. The second kappa shape index (κ2) is 8.03. The second-order valence-corrected chi connectivity index (χ2v) is 4.76. The van der Waals surface area contributed by atoms with Crippen LogP contribution in [-0.4, -0.2) is 24.2 Å². The van der Waals surface area contributed by atoms with E-state index < -0.39 is 23.6 Å². The van der Waals surface area contributed by atoms with E-state index in [0.717, 1.165) is 5.56 Å². The Morgan fingerprint density at radius 1 is 0.913 bits per heavy atom. The Bertz CT molecular complexity index is 727. The van der Waals surface area contributed by atoms with E-state index in [9.17, 15) is 18.4 Å². The van der Waals surface area contributed by atoms with Crippen LogP contribution in [0.25, 0.3) is 0 Å². The van der Waals surface area contributed by atoms with E-state index >= 15 is 0 Å². The summed E-state index contributed by atoms with van der Waals surface area (Å²) in [6, 6.07) is 8.39. The maximum Gasteiger partial charge on any atom is 0.340 e. The highest BCUT2D eigenvalue weighted by atomic mass is 19.1. The molecule has 0 heterocycles. The number of benzene rings is 2. The fourth-order valence-corrected chi connectivity index (χ4v) is 1.69. The fourth-order valence-electron chi connectivity index (χ4n) is 1.69. The first-order chi connectivity index (χ1) is 10.8. The lowest BCUT2D eigenvalue weighted by Gasteiger charge is -2.00. The molecule has 6 heteroatoms. The van der Waals surface area contributed by atoms with Crippen LogP contribution in [0.5, 0.6) is 0 Å². The first-order valence-electron chi connectivity index (χ1n) is 6.60. The molecule has 0 aliphatic carbocycles. The zero-order chi connectivity index (χ0) is 17.6.